The van der Waals surface area contributed by atoms with E-state index in [0.717, 1.165) is 3.57 Å². The maximum Gasteiger partial charge on any atom is 0.257 e. The van der Waals surface area contributed by atoms with Gasteiger partial charge in [0.05, 0.1) is 10.7 Å². The Kier molecular flexibility index (Phi) is 7.36. The third-order valence-electron chi connectivity index (χ3n) is 4.08. The molecular formula is C22H18IN3O3S. The molecule has 3 rings (SSSR count). The number of nitrogens with one attached hydrogen (secondary N) is 3. The van der Waals surface area contributed by atoms with Crippen molar-refractivity contribution in [2.75, 3.05) is 17.7 Å². The summed E-state index contributed by atoms with van der Waals surface area (Å²) in [6.45, 7) is 0. The van der Waals surface area contributed by atoms with Crippen molar-refractivity contribution < 1.29 is 14.3 Å². The zero-order chi connectivity index (χ0) is 21.5. The predicted molar refractivity (Wildman–Crippen MR) is 130 cm³/mol. The highest BCUT2D eigenvalue weighted by atomic mass is 127. The highest BCUT2D eigenvalue weighted by Crippen LogP contribution is 2.21. The van der Waals surface area contributed by atoms with Gasteiger partial charge in [-0.25, -0.2) is 0 Å². The third kappa shape index (κ3) is 5.77. The smallest absolute Gasteiger partial charge is 0.257 e. The van der Waals surface area contributed by atoms with E-state index in [-0.39, 0.29) is 16.9 Å². The highest BCUT2D eigenvalue weighted by Gasteiger charge is 2.11. The van der Waals surface area contributed by atoms with Crippen LogP contribution in [-0.2, 0) is 0 Å². The van der Waals surface area contributed by atoms with Gasteiger partial charge in [-0.15, -0.1) is 0 Å². The molecule has 0 heterocycles. The van der Waals surface area contributed by atoms with Crippen molar-refractivity contribution in [3.8, 4) is 5.75 Å². The fourth-order valence-corrected chi connectivity index (χ4v) is 3.52. The van der Waals surface area contributed by atoms with Crippen molar-refractivity contribution in [3.63, 3.8) is 0 Å². The van der Waals surface area contributed by atoms with Crippen LogP contribution in [0.15, 0.2) is 72.8 Å². The Bertz CT molecular complexity index is 1070. The lowest BCUT2D eigenvalue weighted by molar-refractivity contribution is 0.0976. The van der Waals surface area contributed by atoms with Crippen molar-refractivity contribution in [3.05, 3.63) is 87.5 Å². The average molecular weight is 531 g/mol. The summed E-state index contributed by atoms with van der Waals surface area (Å²) < 4.78 is 6.02. The van der Waals surface area contributed by atoms with Crippen molar-refractivity contribution in [1.29, 1.82) is 0 Å². The normalized spacial score (nSPS) is 10.1. The van der Waals surface area contributed by atoms with E-state index in [1.165, 1.54) is 0 Å². The van der Waals surface area contributed by atoms with Crippen LogP contribution in [0.25, 0.3) is 0 Å². The van der Waals surface area contributed by atoms with Crippen LogP contribution in [0.3, 0.4) is 0 Å². The number of halogens is 1. The molecule has 30 heavy (non-hydrogen) atoms. The Hall–Kier alpha value is -2.98. The van der Waals surface area contributed by atoms with Gasteiger partial charge in [0.2, 0.25) is 0 Å². The summed E-state index contributed by atoms with van der Waals surface area (Å²) >= 11 is 7.32. The van der Waals surface area contributed by atoms with Crippen LogP contribution >= 0.6 is 34.8 Å². The van der Waals surface area contributed by atoms with E-state index in [4.69, 9.17) is 17.0 Å². The summed E-state index contributed by atoms with van der Waals surface area (Å²) in [5.41, 5.74) is 2.39. The fraction of sp³-hybridized carbons (Fsp3) is 0.0455. The Labute approximate surface area is 193 Å². The molecule has 0 aliphatic rings. The van der Waals surface area contributed by atoms with Crippen molar-refractivity contribution in [1.82, 2.24) is 5.32 Å². The first-order chi connectivity index (χ1) is 14.5. The number of amides is 2. The van der Waals surface area contributed by atoms with Crippen LogP contribution in [0.4, 0.5) is 11.4 Å². The minimum absolute atomic E-state index is 0.173. The molecular weight excluding hydrogens is 513 g/mol. The zero-order valence-electron chi connectivity index (χ0n) is 15.9. The van der Waals surface area contributed by atoms with Gasteiger partial charge in [0.15, 0.2) is 5.11 Å². The summed E-state index contributed by atoms with van der Waals surface area (Å²) in [5.74, 6) is 0.195. The summed E-state index contributed by atoms with van der Waals surface area (Å²) in [6, 6.07) is 21.1. The molecule has 3 N–H and O–H groups in total. The molecule has 2 amide bonds. The van der Waals surface area contributed by atoms with E-state index in [9.17, 15) is 9.59 Å². The highest BCUT2D eigenvalue weighted by molar-refractivity contribution is 14.1. The SMILES string of the molecule is COc1ccc(C(=O)NC(=S)Nc2ccc(NC(=O)c3ccccc3)cc2)cc1I. The number of ether oxygens (including phenoxy) is 1. The van der Waals surface area contributed by atoms with Gasteiger partial charge in [0.1, 0.15) is 5.75 Å². The van der Waals surface area contributed by atoms with Gasteiger partial charge in [-0.1, -0.05) is 18.2 Å². The number of hydrogen-bond acceptors (Lipinski definition) is 4. The molecule has 0 aliphatic carbocycles. The lowest BCUT2D eigenvalue weighted by Gasteiger charge is -2.11. The molecule has 3 aromatic rings. The fourth-order valence-electron chi connectivity index (χ4n) is 2.57. The zero-order valence-corrected chi connectivity index (χ0v) is 18.9. The predicted octanol–water partition coefficient (Wildman–Crippen LogP) is 4.68. The van der Waals surface area contributed by atoms with Crippen LogP contribution < -0.4 is 20.7 Å². The molecule has 0 aromatic heterocycles. The third-order valence-corrected chi connectivity index (χ3v) is 5.12. The number of carbonyl (C=O) groups excluding carboxylic acids is 2. The molecule has 0 fully saturated rings. The maximum atomic E-state index is 12.4. The molecule has 152 valence electrons. The van der Waals surface area contributed by atoms with Crippen molar-refractivity contribution >= 4 is 63.1 Å². The second-order valence-corrected chi connectivity index (χ2v) is 7.73. The number of methoxy groups -OCH3 is 1. The second-order valence-electron chi connectivity index (χ2n) is 6.16. The van der Waals surface area contributed by atoms with Crippen LogP contribution in [0.5, 0.6) is 5.75 Å². The van der Waals surface area contributed by atoms with Gasteiger partial charge in [-0.3, -0.25) is 14.9 Å². The number of thiocarbonyl (C=S) groups is 1. The lowest BCUT2D eigenvalue weighted by atomic mass is 10.2. The second kappa shape index (κ2) is 10.2. The van der Waals surface area contributed by atoms with Crippen molar-refractivity contribution in [2.24, 2.45) is 0 Å². The molecule has 0 bridgehead atoms. The minimum atomic E-state index is -0.320. The molecule has 0 radical (unpaired) electrons. The first-order valence-corrected chi connectivity index (χ1v) is 10.4. The van der Waals surface area contributed by atoms with E-state index in [0.29, 0.717) is 28.3 Å². The number of anilines is 2. The van der Waals surface area contributed by atoms with E-state index in [1.54, 1.807) is 61.7 Å². The summed E-state index contributed by atoms with van der Waals surface area (Å²) in [4.78, 5) is 24.6. The van der Waals surface area contributed by atoms with Crippen LogP contribution in [-0.4, -0.2) is 24.0 Å². The lowest BCUT2D eigenvalue weighted by Crippen LogP contribution is -2.34. The first-order valence-electron chi connectivity index (χ1n) is 8.88. The number of carbonyl (C=O) groups is 2. The average Bonchev–Trinajstić information content (AvgIpc) is 2.75. The molecule has 3 aromatic carbocycles. The van der Waals surface area contributed by atoms with Crippen LogP contribution in [0.2, 0.25) is 0 Å². The Morgan fingerprint density at radius 2 is 1.47 bits per heavy atom. The van der Waals surface area contributed by atoms with E-state index in [2.05, 4.69) is 38.5 Å². The molecule has 8 heteroatoms. The summed E-state index contributed by atoms with van der Waals surface area (Å²) in [7, 11) is 1.58. The molecule has 0 saturated carbocycles. The standard InChI is InChI=1S/C22H18IN3O3S/c1-29-19-12-7-15(13-18(19)23)21(28)26-22(30)25-17-10-8-16(9-11-17)24-20(27)14-5-3-2-4-6-14/h2-13H,1H3,(H,24,27)(H2,25,26,28,30). The molecule has 0 atom stereocenters. The summed E-state index contributed by atoms with van der Waals surface area (Å²) in [5, 5.41) is 8.60. The van der Waals surface area contributed by atoms with Crippen LogP contribution in [0.1, 0.15) is 20.7 Å². The Morgan fingerprint density at radius 1 is 0.833 bits per heavy atom. The van der Waals surface area contributed by atoms with Gasteiger partial charge in [-0.2, -0.15) is 0 Å². The minimum Gasteiger partial charge on any atom is -0.496 e. The Balaban J connectivity index is 1.56. The number of rotatable bonds is 5. The monoisotopic (exact) mass is 531 g/mol. The number of hydrogen-bond donors (Lipinski definition) is 3. The van der Waals surface area contributed by atoms with E-state index < -0.39 is 0 Å². The first kappa shape index (κ1) is 21.7. The van der Waals surface area contributed by atoms with Gasteiger partial charge >= 0.3 is 0 Å². The molecule has 0 saturated heterocycles. The van der Waals surface area contributed by atoms with Crippen LogP contribution in [0, 0.1) is 3.57 Å². The maximum absolute atomic E-state index is 12.4. The van der Waals surface area contributed by atoms with Gasteiger partial charge in [-0.05, 0) is 89.4 Å². The van der Waals surface area contributed by atoms with Gasteiger partial charge in [0.25, 0.3) is 11.8 Å². The quantitative estimate of drug-likeness (QED) is 0.329. The van der Waals surface area contributed by atoms with E-state index >= 15 is 0 Å². The van der Waals surface area contributed by atoms with Gasteiger partial charge in [0, 0.05) is 22.5 Å². The molecule has 6 nitrogen and oxygen atoms in total. The van der Waals surface area contributed by atoms with Gasteiger partial charge < -0.3 is 15.4 Å². The largest absolute Gasteiger partial charge is 0.496 e. The molecule has 0 spiro atoms. The van der Waals surface area contributed by atoms with E-state index in [1.807, 2.05) is 18.2 Å². The van der Waals surface area contributed by atoms with Crippen molar-refractivity contribution in [2.45, 2.75) is 0 Å². The Morgan fingerprint density at radius 3 is 2.07 bits per heavy atom. The topological polar surface area (TPSA) is 79.5 Å². The molecule has 0 unspecified atom stereocenters. The summed E-state index contributed by atoms with van der Waals surface area (Å²) in [6.07, 6.45) is 0. The number of benzene rings is 3. The molecule has 0 aliphatic heterocycles.